The summed E-state index contributed by atoms with van der Waals surface area (Å²) in [5.41, 5.74) is 0.382. The summed E-state index contributed by atoms with van der Waals surface area (Å²) in [6.07, 6.45) is 10.2. The second kappa shape index (κ2) is 6.66. The van der Waals surface area contributed by atoms with Crippen LogP contribution in [0.15, 0.2) is 17.6 Å². The van der Waals surface area contributed by atoms with Crippen molar-refractivity contribution in [3.05, 3.63) is 12.4 Å². The van der Waals surface area contributed by atoms with Crippen LogP contribution in [0.1, 0.15) is 46.0 Å². The summed E-state index contributed by atoms with van der Waals surface area (Å²) < 4.78 is 2.15. The predicted octanol–water partition coefficient (Wildman–Crippen LogP) is 3.67. The van der Waals surface area contributed by atoms with Crippen LogP contribution in [0.2, 0.25) is 0 Å². The Kier molecular flexibility index (Phi) is 5.13. The highest BCUT2D eigenvalue weighted by molar-refractivity contribution is 7.99. The Balaban J connectivity index is 2.07. The molecule has 0 unspecified atom stereocenters. The molecule has 1 aromatic heterocycles. The van der Waals surface area contributed by atoms with Gasteiger partial charge in [0.15, 0.2) is 5.16 Å². The molecule has 1 aliphatic carbocycles. The Morgan fingerprint density at radius 1 is 1.50 bits per heavy atom. The monoisotopic (exact) mass is 296 g/mol. The molecule has 0 aliphatic heterocycles. The largest absolute Gasteiger partial charge is 0.481 e. The summed E-state index contributed by atoms with van der Waals surface area (Å²) >= 11 is 1.32. The van der Waals surface area contributed by atoms with Crippen molar-refractivity contribution < 1.29 is 9.90 Å². The van der Waals surface area contributed by atoms with Gasteiger partial charge in [-0.25, -0.2) is 4.98 Å². The van der Waals surface area contributed by atoms with E-state index in [2.05, 4.69) is 23.4 Å². The first kappa shape index (κ1) is 15.4. The van der Waals surface area contributed by atoms with Gasteiger partial charge in [0.2, 0.25) is 0 Å². The van der Waals surface area contributed by atoms with Gasteiger partial charge in [-0.15, -0.1) is 0 Å². The minimum absolute atomic E-state index is 0.0776. The minimum Gasteiger partial charge on any atom is -0.481 e. The third kappa shape index (κ3) is 4.01. The number of nitrogens with zero attached hydrogens (tertiary/aromatic N) is 2. The SMILES string of the molecule is CC(C)CC1(Cn2ccnc2SCC(=O)O)CCCC1. The lowest BCUT2D eigenvalue weighted by atomic mass is 9.78. The Hall–Kier alpha value is -0.970. The standard InChI is InChI=1S/C15H24N2O2S/c1-12(2)9-15(5-3-4-6-15)11-17-8-7-16-14(17)20-10-13(18)19/h7-8,12H,3-6,9-11H2,1-2H3,(H,18,19). The van der Waals surface area contributed by atoms with Gasteiger partial charge in [0.05, 0.1) is 5.75 Å². The molecule has 20 heavy (non-hydrogen) atoms. The molecule has 1 aliphatic rings. The molecule has 0 amide bonds. The molecule has 1 heterocycles. The molecule has 0 saturated heterocycles. The lowest BCUT2D eigenvalue weighted by Gasteiger charge is -2.31. The van der Waals surface area contributed by atoms with E-state index in [1.54, 1.807) is 6.20 Å². The molecule has 1 aromatic rings. The number of carboxylic acids is 1. The zero-order valence-electron chi connectivity index (χ0n) is 12.3. The summed E-state index contributed by atoms with van der Waals surface area (Å²) in [5.74, 6) is -0.0113. The van der Waals surface area contributed by atoms with Crippen LogP contribution < -0.4 is 0 Å². The van der Waals surface area contributed by atoms with Crippen LogP contribution in [-0.4, -0.2) is 26.4 Å². The third-order valence-corrected chi connectivity index (χ3v) is 5.00. The van der Waals surface area contributed by atoms with E-state index < -0.39 is 5.97 Å². The van der Waals surface area contributed by atoms with Gasteiger partial charge in [0, 0.05) is 18.9 Å². The molecule has 0 radical (unpaired) electrons. The van der Waals surface area contributed by atoms with Gasteiger partial charge < -0.3 is 9.67 Å². The first-order valence-corrected chi connectivity index (χ1v) is 8.35. The molecule has 0 bridgehead atoms. The van der Waals surface area contributed by atoms with Crippen molar-refractivity contribution in [1.29, 1.82) is 0 Å². The van der Waals surface area contributed by atoms with Crippen molar-refractivity contribution in [2.75, 3.05) is 5.75 Å². The molecule has 0 aromatic carbocycles. The highest BCUT2D eigenvalue weighted by atomic mass is 32.2. The van der Waals surface area contributed by atoms with E-state index in [9.17, 15) is 4.79 Å². The van der Waals surface area contributed by atoms with Crippen LogP contribution in [0.4, 0.5) is 0 Å². The van der Waals surface area contributed by atoms with Crippen molar-refractivity contribution >= 4 is 17.7 Å². The summed E-state index contributed by atoms with van der Waals surface area (Å²) in [4.78, 5) is 15.0. The molecule has 1 N–H and O–H groups in total. The maximum atomic E-state index is 10.7. The van der Waals surface area contributed by atoms with Gasteiger partial charge in [0.25, 0.3) is 0 Å². The zero-order chi connectivity index (χ0) is 14.6. The van der Waals surface area contributed by atoms with Gasteiger partial charge in [-0.2, -0.15) is 0 Å². The van der Waals surface area contributed by atoms with E-state index in [0.29, 0.717) is 11.3 Å². The van der Waals surface area contributed by atoms with Crippen LogP contribution in [0, 0.1) is 11.3 Å². The first-order valence-electron chi connectivity index (χ1n) is 7.36. The Morgan fingerprint density at radius 3 is 2.80 bits per heavy atom. The second-order valence-electron chi connectivity index (χ2n) is 6.33. The average molecular weight is 296 g/mol. The Morgan fingerprint density at radius 2 is 2.20 bits per heavy atom. The minimum atomic E-state index is -0.790. The molecule has 5 heteroatoms. The van der Waals surface area contributed by atoms with Crippen LogP contribution in [0.25, 0.3) is 0 Å². The fraction of sp³-hybridized carbons (Fsp3) is 0.733. The van der Waals surface area contributed by atoms with Crippen LogP contribution in [-0.2, 0) is 11.3 Å². The van der Waals surface area contributed by atoms with Gasteiger partial charge in [-0.05, 0) is 30.6 Å². The van der Waals surface area contributed by atoms with Gasteiger partial charge in [-0.3, -0.25) is 4.79 Å². The number of hydrogen-bond acceptors (Lipinski definition) is 3. The van der Waals surface area contributed by atoms with E-state index in [1.807, 2.05) is 6.20 Å². The van der Waals surface area contributed by atoms with E-state index in [0.717, 1.165) is 11.7 Å². The number of thioether (sulfide) groups is 1. The quantitative estimate of drug-likeness (QED) is 0.780. The average Bonchev–Trinajstić information content (AvgIpc) is 2.96. The number of aromatic nitrogens is 2. The number of carboxylic acid groups (broad SMARTS) is 1. The van der Waals surface area contributed by atoms with E-state index in [4.69, 9.17) is 5.11 Å². The summed E-state index contributed by atoms with van der Waals surface area (Å²) in [6.45, 7) is 5.55. The second-order valence-corrected chi connectivity index (χ2v) is 7.27. The van der Waals surface area contributed by atoms with Crippen LogP contribution in [0.3, 0.4) is 0 Å². The lowest BCUT2D eigenvalue weighted by Crippen LogP contribution is -2.25. The zero-order valence-corrected chi connectivity index (χ0v) is 13.2. The van der Waals surface area contributed by atoms with Gasteiger partial charge in [0.1, 0.15) is 0 Å². The summed E-state index contributed by atoms with van der Waals surface area (Å²) in [6, 6.07) is 0. The van der Waals surface area contributed by atoms with E-state index >= 15 is 0 Å². The van der Waals surface area contributed by atoms with E-state index in [1.165, 1.54) is 43.9 Å². The molecule has 0 atom stereocenters. The van der Waals surface area contributed by atoms with Crippen molar-refractivity contribution in [2.24, 2.45) is 11.3 Å². The molecule has 0 spiro atoms. The highest BCUT2D eigenvalue weighted by Crippen LogP contribution is 2.45. The molecule has 4 nitrogen and oxygen atoms in total. The summed E-state index contributed by atoms with van der Waals surface area (Å²) in [5, 5.41) is 9.63. The first-order chi connectivity index (χ1) is 9.51. The highest BCUT2D eigenvalue weighted by Gasteiger charge is 2.35. The fourth-order valence-electron chi connectivity index (χ4n) is 3.46. The lowest BCUT2D eigenvalue weighted by molar-refractivity contribution is -0.133. The summed E-state index contributed by atoms with van der Waals surface area (Å²) in [7, 11) is 0. The molecule has 2 rings (SSSR count). The van der Waals surface area contributed by atoms with Gasteiger partial charge in [-0.1, -0.05) is 38.5 Å². The molecule has 112 valence electrons. The van der Waals surface area contributed by atoms with Crippen molar-refractivity contribution in [2.45, 2.75) is 57.7 Å². The smallest absolute Gasteiger partial charge is 0.313 e. The number of rotatable bonds is 7. The maximum absolute atomic E-state index is 10.7. The van der Waals surface area contributed by atoms with Crippen LogP contribution >= 0.6 is 11.8 Å². The number of hydrogen-bond donors (Lipinski definition) is 1. The molecule has 1 fully saturated rings. The normalized spacial score (nSPS) is 17.8. The molecular formula is C15H24N2O2S. The van der Waals surface area contributed by atoms with Crippen molar-refractivity contribution in [3.63, 3.8) is 0 Å². The van der Waals surface area contributed by atoms with E-state index in [-0.39, 0.29) is 5.75 Å². The number of carbonyl (C=O) groups is 1. The van der Waals surface area contributed by atoms with Crippen molar-refractivity contribution in [1.82, 2.24) is 9.55 Å². The fourth-order valence-corrected chi connectivity index (χ4v) is 4.14. The Labute approximate surface area is 125 Å². The van der Waals surface area contributed by atoms with Gasteiger partial charge >= 0.3 is 5.97 Å². The third-order valence-electron chi connectivity index (χ3n) is 4.01. The maximum Gasteiger partial charge on any atom is 0.313 e. The number of aliphatic carboxylic acids is 1. The topological polar surface area (TPSA) is 55.1 Å². The Bertz CT molecular complexity index is 450. The molecular weight excluding hydrogens is 272 g/mol. The van der Waals surface area contributed by atoms with Crippen molar-refractivity contribution in [3.8, 4) is 0 Å². The number of imidazole rings is 1. The predicted molar refractivity (Wildman–Crippen MR) is 80.9 cm³/mol. The molecule has 1 saturated carbocycles. The van der Waals surface area contributed by atoms with Crippen LogP contribution in [0.5, 0.6) is 0 Å².